The Labute approximate surface area is 164 Å². The number of halogens is 1. The third-order valence-corrected chi connectivity index (χ3v) is 7.13. The lowest BCUT2D eigenvalue weighted by molar-refractivity contribution is -0.131. The second-order valence-corrected chi connectivity index (χ2v) is 9.02. The van der Waals surface area contributed by atoms with Gasteiger partial charge in [0.2, 0.25) is 5.91 Å². The zero-order valence-electron chi connectivity index (χ0n) is 15.2. The molecule has 2 aromatic rings. The molecule has 2 aliphatic rings. The van der Waals surface area contributed by atoms with E-state index in [9.17, 15) is 4.79 Å². The molecule has 0 aliphatic carbocycles. The monoisotopic (exact) mass is 388 g/mol. The minimum Gasteiger partial charge on any atom is -0.338 e. The second-order valence-electron chi connectivity index (χ2n) is 7.47. The lowest BCUT2D eigenvalue weighted by atomic mass is 10.0. The SMILES string of the molecule is CN1C(=O)[C@H](CN2CCCCC2)C[C@@H]1c1ccc(-c2cccc(Cl)c2)s1. The smallest absolute Gasteiger partial charge is 0.227 e. The van der Waals surface area contributed by atoms with Gasteiger partial charge in [0.1, 0.15) is 0 Å². The van der Waals surface area contributed by atoms with Gasteiger partial charge in [-0.25, -0.2) is 0 Å². The molecular formula is C21H25ClN2OS. The third kappa shape index (κ3) is 3.68. The van der Waals surface area contributed by atoms with Gasteiger partial charge in [0, 0.05) is 28.4 Å². The molecule has 2 saturated heterocycles. The summed E-state index contributed by atoms with van der Waals surface area (Å²) in [5.74, 6) is 0.443. The Morgan fingerprint density at radius 3 is 2.73 bits per heavy atom. The highest BCUT2D eigenvalue weighted by Crippen LogP contribution is 2.41. The minimum atomic E-state index is 0.139. The lowest BCUT2D eigenvalue weighted by Gasteiger charge is -2.28. The predicted molar refractivity (Wildman–Crippen MR) is 109 cm³/mol. The quantitative estimate of drug-likeness (QED) is 0.729. The maximum absolute atomic E-state index is 12.8. The standard InChI is InChI=1S/C21H25ClN2OS/c1-23-18(13-16(21(23)25)14-24-10-3-2-4-11-24)20-9-8-19(26-20)15-6-5-7-17(22)12-15/h5-9,12,16,18H,2-4,10-11,13-14H2,1H3/t16-,18+/m0/s1. The van der Waals surface area contributed by atoms with E-state index in [0.29, 0.717) is 5.91 Å². The van der Waals surface area contributed by atoms with Gasteiger partial charge in [-0.15, -0.1) is 11.3 Å². The summed E-state index contributed by atoms with van der Waals surface area (Å²) in [7, 11) is 1.96. The molecule has 0 unspecified atom stereocenters. The topological polar surface area (TPSA) is 23.6 Å². The number of thiophene rings is 1. The van der Waals surface area contributed by atoms with Gasteiger partial charge in [-0.3, -0.25) is 4.79 Å². The van der Waals surface area contributed by atoms with E-state index in [0.717, 1.165) is 36.6 Å². The molecule has 0 radical (unpaired) electrons. The van der Waals surface area contributed by atoms with Crippen LogP contribution in [0.15, 0.2) is 36.4 Å². The van der Waals surface area contributed by atoms with Gasteiger partial charge in [0.25, 0.3) is 0 Å². The molecule has 3 nitrogen and oxygen atoms in total. The van der Waals surface area contributed by atoms with Gasteiger partial charge in [-0.1, -0.05) is 30.2 Å². The van der Waals surface area contributed by atoms with Crippen molar-refractivity contribution in [2.75, 3.05) is 26.7 Å². The summed E-state index contributed by atoms with van der Waals surface area (Å²) in [6.07, 6.45) is 4.81. The predicted octanol–water partition coefficient (Wildman–Crippen LogP) is 5.07. The number of benzene rings is 1. The van der Waals surface area contributed by atoms with Crippen LogP contribution in [0, 0.1) is 5.92 Å². The van der Waals surface area contributed by atoms with Crippen LogP contribution >= 0.6 is 22.9 Å². The van der Waals surface area contributed by atoms with E-state index in [2.05, 4.69) is 23.1 Å². The Bertz CT molecular complexity index is 784. The van der Waals surface area contributed by atoms with Crippen LogP contribution in [0.3, 0.4) is 0 Å². The van der Waals surface area contributed by atoms with E-state index in [-0.39, 0.29) is 12.0 Å². The van der Waals surface area contributed by atoms with Crippen LogP contribution in [-0.2, 0) is 4.79 Å². The fraction of sp³-hybridized carbons (Fsp3) is 0.476. The first kappa shape index (κ1) is 18.0. The van der Waals surface area contributed by atoms with Crippen molar-refractivity contribution in [1.29, 1.82) is 0 Å². The van der Waals surface area contributed by atoms with E-state index in [1.807, 2.05) is 30.1 Å². The van der Waals surface area contributed by atoms with Crippen LogP contribution in [0.1, 0.15) is 36.6 Å². The summed E-state index contributed by atoms with van der Waals surface area (Å²) in [4.78, 5) is 19.7. The molecule has 0 N–H and O–H groups in total. The molecule has 5 heteroatoms. The fourth-order valence-corrected chi connectivity index (χ4v) is 5.56. The molecule has 4 rings (SSSR count). The van der Waals surface area contributed by atoms with E-state index >= 15 is 0 Å². The van der Waals surface area contributed by atoms with Gasteiger partial charge in [-0.2, -0.15) is 0 Å². The largest absolute Gasteiger partial charge is 0.338 e. The molecule has 26 heavy (non-hydrogen) atoms. The number of rotatable bonds is 4. The Morgan fingerprint density at radius 1 is 1.15 bits per heavy atom. The van der Waals surface area contributed by atoms with Crippen LogP contribution in [0.2, 0.25) is 5.02 Å². The average molecular weight is 389 g/mol. The van der Waals surface area contributed by atoms with E-state index in [4.69, 9.17) is 11.6 Å². The summed E-state index contributed by atoms with van der Waals surface area (Å²) in [5, 5.41) is 0.757. The van der Waals surface area contributed by atoms with Crippen molar-refractivity contribution in [1.82, 2.24) is 9.80 Å². The molecule has 1 aromatic carbocycles. The molecule has 0 bridgehead atoms. The van der Waals surface area contributed by atoms with Gasteiger partial charge < -0.3 is 9.80 Å². The zero-order valence-corrected chi connectivity index (χ0v) is 16.7. The average Bonchev–Trinajstić information content (AvgIpc) is 3.24. The highest BCUT2D eigenvalue weighted by atomic mass is 35.5. The molecule has 2 atom stereocenters. The molecular weight excluding hydrogens is 364 g/mol. The van der Waals surface area contributed by atoms with Gasteiger partial charge in [-0.05, 0) is 62.2 Å². The van der Waals surface area contributed by atoms with E-state index in [1.54, 1.807) is 11.3 Å². The number of likely N-dealkylation sites (tertiary alicyclic amines) is 2. The number of hydrogen-bond acceptors (Lipinski definition) is 3. The van der Waals surface area contributed by atoms with Crippen LogP contribution in [0.5, 0.6) is 0 Å². The van der Waals surface area contributed by atoms with Gasteiger partial charge in [0.05, 0.1) is 12.0 Å². The van der Waals surface area contributed by atoms with Crippen molar-refractivity contribution < 1.29 is 4.79 Å². The summed E-state index contributed by atoms with van der Waals surface area (Å²) >= 11 is 7.91. The summed E-state index contributed by atoms with van der Waals surface area (Å²) in [6, 6.07) is 12.5. The number of piperidine rings is 1. The van der Waals surface area contributed by atoms with Crippen LogP contribution in [-0.4, -0.2) is 42.4 Å². The zero-order chi connectivity index (χ0) is 18.1. The van der Waals surface area contributed by atoms with Crippen molar-refractivity contribution in [3.8, 4) is 10.4 Å². The van der Waals surface area contributed by atoms with Crippen molar-refractivity contribution in [3.05, 3.63) is 46.3 Å². The first-order valence-corrected chi connectivity index (χ1v) is 10.7. The fourth-order valence-electron chi connectivity index (χ4n) is 4.21. The molecule has 0 saturated carbocycles. The molecule has 1 aromatic heterocycles. The first-order valence-electron chi connectivity index (χ1n) is 9.46. The van der Waals surface area contributed by atoms with Crippen molar-refractivity contribution >= 4 is 28.8 Å². The Morgan fingerprint density at radius 2 is 1.96 bits per heavy atom. The highest BCUT2D eigenvalue weighted by Gasteiger charge is 2.39. The van der Waals surface area contributed by atoms with Crippen LogP contribution in [0.4, 0.5) is 0 Å². The Hall–Kier alpha value is -1.36. The number of hydrogen-bond donors (Lipinski definition) is 0. The number of nitrogens with zero attached hydrogens (tertiary/aromatic N) is 2. The van der Waals surface area contributed by atoms with E-state index in [1.165, 1.54) is 29.0 Å². The molecule has 1 amide bonds. The Kier molecular flexibility index (Phi) is 5.35. The van der Waals surface area contributed by atoms with Crippen molar-refractivity contribution in [3.63, 3.8) is 0 Å². The summed E-state index contributed by atoms with van der Waals surface area (Å²) in [5.41, 5.74) is 1.14. The second kappa shape index (κ2) is 7.71. The highest BCUT2D eigenvalue weighted by molar-refractivity contribution is 7.15. The third-order valence-electron chi connectivity index (χ3n) is 5.66. The van der Waals surface area contributed by atoms with Crippen molar-refractivity contribution in [2.45, 2.75) is 31.7 Å². The molecule has 2 aliphatic heterocycles. The normalized spacial score (nSPS) is 24.4. The molecule has 0 spiro atoms. The maximum Gasteiger partial charge on any atom is 0.227 e. The van der Waals surface area contributed by atoms with E-state index < -0.39 is 0 Å². The van der Waals surface area contributed by atoms with Gasteiger partial charge in [0.15, 0.2) is 0 Å². The minimum absolute atomic E-state index is 0.139. The summed E-state index contributed by atoms with van der Waals surface area (Å²) in [6.45, 7) is 3.22. The number of carbonyl (C=O) groups is 1. The Balaban J connectivity index is 1.48. The van der Waals surface area contributed by atoms with Crippen LogP contribution < -0.4 is 0 Å². The van der Waals surface area contributed by atoms with Crippen LogP contribution in [0.25, 0.3) is 10.4 Å². The molecule has 3 heterocycles. The lowest BCUT2D eigenvalue weighted by Crippen LogP contribution is -2.36. The number of amides is 1. The summed E-state index contributed by atoms with van der Waals surface area (Å²) < 4.78 is 0. The van der Waals surface area contributed by atoms with Crippen molar-refractivity contribution in [2.24, 2.45) is 5.92 Å². The molecule has 2 fully saturated rings. The number of carbonyl (C=O) groups excluding carboxylic acids is 1. The molecule has 138 valence electrons. The maximum atomic E-state index is 12.8. The first-order chi connectivity index (χ1) is 12.6. The van der Waals surface area contributed by atoms with Gasteiger partial charge >= 0.3 is 0 Å².